The Balaban J connectivity index is 1.63. The van der Waals surface area contributed by atoms with Gasteiger partial charge in [0, 0.05) is 23.8 Å². The molecule has 4 nitrogen and oxygen atoms in total. The lowest BCUT2D eigenvalue weighted by Gasteiger charge is -2.30. The van der Waals surface area contributed by atoms with Gasteiger partial charge in [0.05, 0.1) is 11.4 Å². The number of hydrogen-bond donors (Lipinski definition) is 2. The van der Waals surface area contributed by atoms with Crippen LogP contribution in [0.3, 0.4) is 0 Å². The lowest BCUT2D eigenvalue weighted by atomic mass is 9.86. The van der Waals surface area contributed by atoms with Crippen molar-refractivity contribution >= 4 is 17.3 Å². The number of aryl methyl sites for hydroxylation is 1. The van der Waals surface area contributed by atoms with Gasteiger partial charge in [0.15, 0.2) is 5.11 Å². The maximum atomic E-state index is 5.52. The van der Waals surface area contributed by atoms with E-state index in [2.05, 4.69) is 43.5 Å². The second-order valence-corrected chi connectivity index (χ2v) is 7.50. The molecule has 2 atom stereocenters. The second kappa shape index (κ2) is 8.00. The number of rotatable bonds is 4. The zero-order chi connectivity index (χ0) is 17.8. The topological polar surface area (TPSA) is 41.9 Å². The predicted octanol–water partition coefficient (Wildman–Crippen LogP) is 4.03. The molecular weight excluding hydrogens is 328 g/mol. The van der Waals surface area contributed by atoms with Crippen LogP contribution in [0, 0.1) is 19.8 Å². The first-order valence-corrected chi connectivity index (χ1v) is 9.62. The van der Waals surface area contributed by atoms with Crippen LogP contribution >= 0.6 is 12.2 Å². The van der Waals surface area contributed by atoms with E-state index >= 15 is 0 Å². The summed E-state index contributed by atoms with van der Waals surface area (Å²) >= 11 is 5.52. The SMILES string of the molecule is Cc1nn(-c2ccccc2)c(C)c1CNC(=S)N[C@H]1CCCC[C@H]1C. The number of para-hydroxylation sites is 1. The molecular formula is C20H28N4S. The van der Waals surface area contributed by atoms with E-state index in [1.807, 2.05) is 22.9 Å². The zero-order valence-electron chi connectivity index (χ0n) is 15.4. The van der Waals surface area contributed by atoms with Gasteiger partial charge >= 0.3 is 0 Å². The first-order chi connectivity index (χ1) is 12.1. The summed E-state index contributed by atoms with van der Waals surface area (Å²) in [4.78, 5) is 0. The van der Waals surface area contributed by atoms with Crippen molar-refractivity contribution in [1.82, 2.24) is 20.4 Å². The van der Waals surface area contributed by atoms with E-state index in [0.717, 1.165) is 22.2 Å². The van der Waals surface area contributed by atoms with Gasteiger partial charge < -0.3 is 10.6 Å². The van der Waals surface area contributed by atoms with Crippen LogP contribution in [0.4, 0.5) is 0 Å². The third-order valence-corrected chi connectivity index (χ3v) is 5.56. The zero-order valence-corrected chi connectivity index (χ0v) is 16.2. The van der Waals surface area contributed by atoms with E-state index in [1.165, 1.54) is 31.2 Å². The maximum Gasteiger partial charge on any atom is 0.166 e. The lowest BCUT2D eigenvalue weighted by molar-refractivity contribution is 0.308. The van der Waals surface area contributed by atoms with Gasteiger partial charge in [-0.05, 0) is 57.0 Å². The van der Waals surface area contributed by atoms with Gasteiger partial charge in [0.25, 0.3) is 0 Å². The molecule has 5 heteroatoms. The highest BCUT2D eigenvalue weighted by atomic mass is 32.1. The molecule has 2 N–H and O–H groups in total. The highest BCUT2D eigenvalue weighted by Crippen LogP contribution is 2.23. The summed E-state index contributed by atoms with van der Waals surface area (Å²) in [5.74, 6) is 0.692. The van der Waals surface area contributed by atoms with Gasteiger partial charge in [0.2, 0.25) is 0 Å². The molecule has 1 aromatic heterocycles. The first kappa shape index (κ1) is 17.9. The summed E-state index contributed by atoms with van der Waals surface area (Å²) in [6, 6.07) is 10.7. The average Bonchev–Trinajstić information content (AvgIpc) is 2.90. The normalized spacial score (nSPS) is 20.3. The van der Waals surface area contributed by atoms with Crippen molar-refractivity contribution in [2.75, 3.05) is 0 Å². The van der Waals surface area contributed by atoms with Crippen molar-refractivity contribution in [1.29, 1.82) is 0 Å². The van der Waals surface area contributed by atoms with Crippen LogP contribution in [0.15, 0.2) is 30.3 Å². The Bertz CT molecular complexity index is 723. The molecule has 0 bridgehead atoms. The lowest BCUT2D eigenvalue weighted by Crippen LogP contribution is -2.45. The molecule has 25 heavy (non-hydrogen) atoms. The highest BCUT2D eigenvalue weighted by molar-refractivity contribution is 7.80. The Kier molecular flexibility index (Phi) is 5.74. The van der Waals surface area contributed by atoms with Crippen LogP contribution in [0.1, 0.15) is 49.6 Å². The number of nitrogens with one attached hydrogen (secondary N) is 2. The van der Waals surface area contributed by atoms with Crippen molar-refractivity contribution < 1.29 is 0 Å². The molecule has 0 radical (unpaired) electrons. The number of thiocarbonyl (C=S) groups is 1. The molecule has 0 aliphatic heterocycles. The van der Waals surface area contributed by atoms with E-state index in [4.69, 9.17) is 17.3 Å². The third-order valence-electron chi connectivity index (χ3n) is 5.30. The molecule has 2 aromatic rings. The van der Waals surface area contributed by atoms with Crippen molar-refractivity contribution in [3.63, 3.8) is 0 Å². The Hall–Kier alpha value is -1.88. The summed E-state index contributed by atoms with van der Waals surface area (Å²) < 4.78 is 2.01. The van der Waals surface area contributed by atoms with Crippen LogP contribution in [0.5, 0.6) is 0 Å². The summed E-state index contributed by atoms with van der Waals surface area (Å²) in [6.07, 6.45) is 5.15. The Labute approximate surface area is 156 Å². The molecule has 1 heterocycles. The fraction of sp³-hybridized carbons (Fsp3) is 0.500. The Morgan fingerprint density at radius 2 is 1.92 bits per heavy atom. The summed E-state index contributed by atoms with van der Waals surface area (Å²) in [5, 5.41) is 12.3. The fourth-order valence-electron chi connectivity index (χ4n) is 3.67. The largest absolute Gasteiger partial charge is 0.360 e. The van der Waals surface area contributed by atoms with Gasteiger partial charge in [-0.1, -0.05) is 38.0 Å². The molecule has 0 spiro atoms. The first-order valence-electron chi connectivity index (χ1n) is 9.21. The number of nitrogens with zero attached hydrogens (tertiary/aromatic N) is 2. The molecule has 1 aliphatic carbocycles. The predicted molar refractivity (Wildman–Crippen MR) is 107 cm³/mol. The van der Waals surface area contributed by atoms with Crippen molar-refractivity contribution in [3.05, 3.63) is 47.3 Å². The minimum atomic E-state index is 0.503. The van der Waals surface area contributed by atoms with Gasteiger partial charge in [-0.15, -0.1) is 0 Å². The van der Waals surface area contributed by atoms with Crippen molar-refractivity contribution in [2.24, 2.45) is 5.92 Å². The van der Waals surface area contributed by atoms with E-state index in [0.29, 0.717) is 18.5 Å². The molecule has 0 saturated heterocycles. The number of hydrogen-bond acceptors (Lipinski definition) is 2. The molecule has 1 aliphatic rings. The van der Waals surface area contributed by atoms with Crippen molar-refractivity contribution in [2.45, 2.75) is 59.0 Å². The summed E-state index contributed by atoms with van der Waals surface area (Å²) in [5.41, 5.74) is 4.50. The number of benzene rings is 1. The molecule has 1 fully saturated rings. The van der Waals surface area contributed by atoms with Crippen molar-refractivity contribution in [3.8, 4) is 5.69 Å². The molecule has 0 unspecified atom stereocenters. The van der Waals surface area contributed by atoms with Crippen LogP contribution in [-0.4, -0.2) is 20.9 Å². The monoisotopic (exact) mass is 356 g/mol. The van der Waals surface area contributed by atoms with Crippen LogP contribution < -0.4 is 10.6 Å². The minimum absolute atomic E-state index is 0.503. The molecule has 1 aromatic carbocycles. The van der Waals surface area contributed by atoms with Gasteiger partial charge in [-0.3, -0.25) is 0 Å². The summed E-state index contributed by atoms with van der Waals surface area (Å²) in [7, 11) is 0. The minimum Gasteiger partial charge on any atom is -0.360 e. The maximum absolute atomic E-state index is 5.52. The van der Waals surface area contributed by atoms with Gasteiger partial charge in [0.1, 0.15) is 0 Å². The smallest absolute Gasteiger partial charge is 0.166 e. The molecule has 3 rings (SSSR count). The summed E-state index contributed by atoms with van der Waals surface area (Å²) in [6.45, 7) is 7.20. The number of aromatic nitrogens is 2. The highest BCUT2D eigenvalue weighted by Gasteiger charge is 2.21. The van der Waals surface area contributed by atoms with Crippen LogP contribution in [0.25, 0.3) is 5.69 Å². The van der Waals surface area contributed by atoms with E-state index in [9.17, 15) is 0 Å². The van der Waals surface area contributed by atoms with Gasteiger partial charge in [-0.25, -0.2) is 4.68 Å². The second-order valence-electron chi connectivity index (χ2n) is 7.09. The Morgan fingerprint density at radius 3 is 2.64 bits per heavy atom. The standard InChI is InChI=1S/C20H28N4S/c1-14-9-7-8-12-19(14)22-20(25)21-13-18-15(2)23-24(16(18)3)17-10-5-4-6-11-17/h4-6,10-11,14,19H,7-9,12-13H2,1-3H3,(H2,21,22,25)/t14-,19+/m1/s1. The van der Waals surface area contributed by atoms with E-state index in [1.54, 1.807) is 0 Å². The molecule has 1 saturated carbocycles. The Morgan fingerprint density at radius 1 is 1.20 bits per heavy atom. The molecule has 134 valence electrons. The van der Waals surface area contributed by atoms with Gasteiger partial charge in [-0.2, -0.15) is 5.10 Å². The molecule has 0 amide bonds. The quantitative estimate of drug-likeness (QED) is 0.812. The van der Waals surface area contributed by atoms with E-state index in [-0.39, 0.29) is 0 Å². The van der Waals surface area contributed by atoms with Crippen LogP contribution in [0.2, 0.25) is 0 Å². The van der Waals surface area contributed by atoms with E-state index < -0.39 is 0 Å². The average molecular weight is 357 g/mol. The fourth-order valence-corrected chi connectivity index (χ4v) is 3.89. The third kappa shape index (κ3) is 4.21. The van der Waals surface area contributed by atoms with Crippen LogP contribution in [-0.2, 0) is 6.54 Å².